The summed E-state index contributed by atoms with van der Waals surface area (Å²) >= 11 is 3.48. The van der Waals surface area contributed by atoms with E-state index in [-0.39, 0.29) is 0 Å². The Hall–Kier alpha value is -1.26. The second-order valence-electron chi connectivity index (χ2n) is 4.35. The number of halogens is 1. The molecule has 102 valence electrons. The lowest BCUT2D eigenvalue weighted by atomic mass is 10.2. The van der Waals surface area contributed by atoms with E-state index in [1.807, 2.05) is 31.2 Å². The molecule has 0 fully saturated rings. The molecule has 1 N–H and O–H groups in total. The van der Waals surface area contributed by atoms with Gasteiger partial charge < -0.3 is 14.5 Å². The van der Waals surface area contributed by atoms with Gasteiger partial charge in [0.15, 0.2) is 0 Å². The van der Waals surface area contributed by atoms with E-state index in [0.29, 0.717) is 6.61 Å². The molecule has 0 radical (unpaired) electrons. The van der Waals surface area contributed by atoms with Gasteiger partial charge in [0.05, 0.1) is 6.26 Å². The van der Waals surface area contributed by atoms with Gasteiger partial charge in [-0.15, -0.1) is 0 Å². The average Bonchev–Trinajstić information content (AvgIpc) is 2.85. The molecule has 0 aliphatic rings. The molecule has 0 bridgehead atoms. The van der Waals surface area contributed by atoms with Crippen molar-refractivity contribution in [1.29, 1.82) is 0 Å². The van der Waals surface area contributed by atoms with Crippen LogP contribution in [0.5, 0.6) is 5.75 Å². The Morgan fingerprint density at radius 1 is 1.32 bits per heavy atom. The Balaban J connectivity index is 1.98. The highest BCUT2D eigenvalue weighted by Gasteiger charge is 2.07. The van der Waals surface area contributed by atoms with Crippen molar-refractivity contribution in [2.75, 3.05) is 6.54 Å². The summed E-state index contributed by atoms with van der Waals surface area (Å²) < 4.78 is 12.3. The first-order chi connectivity index (χ1) is 9.20. The third-order valence-electron chi connectivity index (χ3n) is 2.90. The van der Waals surface area contributed by atoms with Gasteiger partial charge in [-0.05, 0) is 43.3 Å². The minimum Gasteiger partial charge on any atom is -0.486 e. The molecule has 0 unspecified atom stereocenters. The van der Waals surface area contributed by atoms with Crippen molar-refractivity contribution < 1.29 is 9.15 Å². The highest BCUT2D eigenvalue weighted by molar-refractivity contribution is 9.10. The summed E-state index contributed by atoms with van der Waals surface area (Å²) in [5.41, 5.74) is 2.31. The highest BCUT2D eigenvalue weighted by Crippen LogP contribution is 2.23. The third-order valence-corrected chi connectivity index (χ3v) is 3.79. The maximum atomic E-state index is 5.76. The van der Waals surface area contributed by atoms with Gasteiger partial charge in [0.1, 0.15) is 18.1 Å². The largest absolute Gasteiger partial charge is 0.486 e. The zero-order chi connectivity index (χ0) is 13.7. The standard InChI is InChI=1S/C15H18BrNO2/c1-3-17-9-12-6-7-18-15(12)10-19-13-4-5-14(16)11(2)8-13/h4-8,17H,3,9-10H2,1-2H3. The summed E-state index contributed by atoms with van der Waals surface area (Å²) in [6.45, 7) is 6.33. The first-order valence-electron chi connectivity index (χ1n) is 6.35. The molecular weight excluding hydrogens is 306 g/mol. The van der Waals surface area contributed by atoms with E-state index in [2.05, 4.69) is 28.2 Å². The molecule has 0 saturated heterocycles. The predicted molar refractivity (Wildman–Crippen MR) is 79.3 cm³/mol. The quantitative estimate of drug-likeness (QED) is 0.871. The van der Waals surface area contributed by atoms with Crippen molar-refractivity contribution in [1.82, 2.24) is 5.32 Å². The number of aryl methyl sites for hydroxylation is 1. The first kappa shape index (κ1) is 14.2. The monoisotopic (exact) mass is 323 g/mol. The van der Waals surface area contributed by atoms with E-state index in [4.69, 9.17) is 9.15 Å². The van der Waals surface area contributed by atoms with Crippen LogP contribution >= 0.6 is 15.9 Å². The molecule has 4 heteroatoms. The van der Waals surface area contributed by atoms with Crippen molar-refractivity contribution in [2.24, 2.45) is 0 Å². The molecule has 0 spiro atoms. The minimum atomic E-state index is 0.453. The van der Waals surface area contributed by atoms with Gasteiger partial charge in [0, 0.05) is 16.6 Å². The van der Waals surface area contributed by atoms with E-state index in [0.717, 1.165) is 40.2 Å². The Labute approximate surface area is 122 Å². The first-order valence-corrected chi connectivity index (χ1v) is 7.15. The van der Waals surface area contributed by atoms with E-state index < -0.39 is 0 Å². The van der Waals surface area contributed by atoms with Crippen LogP contribution in [0.2, 0.25) is 0 Å². The number of furan rings is 1. The molecule has 2 rings (SSSR count). The second-order valence-corrected chi connectivity index (χ2v) is 5.20. The third kappa shape index (κ3) is 3.85. The lowest BCUT2D eigenvalue weighted by Gasteiger charge is -2.08. The maximum Gasteiger partial charge on any atom is 0.146 e. The smallest absolute Gasteiger partial charge is 0.146 e. The van der Waals surface area contributed by atoms with Crippen LogP contribution in [-0.2, 0) is 13.2 Å². The van der Waals surface area contributed by atoms with E-state index in [9.17, 15) is 0 Å². The topological polar surface area (TPSA) is 34.4 Å². The number of hydrogen-bond donors (Lipinski definition) is 1. The van der Waals surface area contributed by atoms with E-state index in [1.165, 1.54) is 0 Å². The van der Waals surface area contributed by atoms with Gasteiger partial charge in [0.2, 0.25) is 0 Å². The SMILES string of the molecule is CCNCc1ccoc1COc1ccc(Br)c(C)c1. The molecule has 1 aromatic heterocycles. The van der Waals surface area contributed by atoms with Gasteiger partial charge in [0.25, 0.3) is 0 Å². The van der Waals surface area contributed by atoms with Crippen molar-refractivity contribution in [2.45, 2.75) is 27.0 Å². The van der Waals surface area contributed by atoms with Gasteiger partial charge in [-0.3, -0.25) is 0 Å². The molecular formula is C15H18BrNO2. The fourth-order valence-corrected chi connectivity index (χ4v) is 2.01. The summed E-state index contributed by atoms with van der Waals surface area (Å²) in [5.74, 6) is 1.73. The predicted octanol–water partition coefficient (Wildman–Crippen LogP) is 4.04. The second kappa shape index (κ2) is 6.78. The Bertz CT molecular complexity index is 537. The van der Waals surface area contributed by atoms with Crippen LogP contribution < -0.4 is 10.1 Å². The van der Waals surface area contributed by atoms with Gasteiger partial charge >= 0.3 is 0 Å². The zero-order valence-electron chi connectivity index (χ0n) is 11.2. The van der Waals surface area contributed by atoms with E-state index in [1.54, 1.807) is 6.26 Å². The fourth-order valence-electron chi connectivity index (χ4n) is 1.77. The number of hydrogen-bond acceptors (Lipinski definition) is 3. The van der Waals surface area contributed by atoms with Crippen LogP contribution in [-0.4, -0.2) is 6.54 Å². The van der Waals surface area contributed by atoms with Crippen molar-refractivity contribution in [3.63, 3.8) is 0 Å². The van der Waals surface area contributed by atoms with Crippen LogP contribution in [0.15, 0.2) is 39.4 Å². The average molecular weight is 324 g/mol. The maximum absolute atomic E-state index is 5.76. The molecule has 1 heterocycles. The highest BCUT2D eigenvalue weighted by atomic mass is 79.9. The van der Waals surface area contributed by atoms with E-state index >= 15 is 0 Å². The summed E-state index contributed by atoms with van der Waals surface area (Å²) in [4.78, 5) is 0. The number of rotatable bonds is 6. The molecule has 0 saturated carbocycles. The number of benzene rings is 1. The Morgan fingerprint density at radius 3 is 2.89 bits per heavy atom. The Morgan fingerprint density at radius 2 is 2.16 bits per heavy atom. The molecule has 3 nitrogen and oxygen atoms in total. The molecule has 2 aromatic rings. The van der Waals surface area contributed by atoms with Crippen LogP contribution in [0, 0.1) is 6.92 Å². The molecule has 19 heavy (non-hydrogen) atoms. The van der Waals surface area contributed by atoms with Gasteiger partial charge in [-0.1, -0.05) is 22.9 Å². The van der Waals surface area contributed by atoms with Gasteiger partial charge in [-0.2, -0.15) is 0 Å². The fraction of sp³-hybridized carbons (Fsp3) is 0.333. The van der Waals surface area contributed by atoms with Crippen LogP contribution in [0.25, 0.3) is 0 Å². The summed E-state index contributed by atoms with van der Waals surface area (Å²) in [5, 5.41) is 3.28. The van der Waals surface area contributed by atoms with Crippen molar-refractivity contribution in [3.05, 3.63) is 51.9 Å². The number of nitrogens with one attached hydrogen (secondary N) is 1. The van der Waals surface area contributed by atoms with Gasteiger partial charge in [-0.25, -0.2) is 0 Å². The molecule has 0 amide bonds. The van der Waals surface area contributed by atoms with Crippen LogP contribution in [0.1, 0.15) is 23.8 Å². The summed E-state index contributed by atoms with van der Waals surface area (Å²) in [6.07, 6.45) is 1.71. The lowest BCUT2D eigenvalue weighted by molar-refractivity contribution is 0.268. The lowest BCUT2D eigenvalue weighted by Crippen LogP contribution is -2.12. The Kier molecular flexibility index (Phi) is 5.05. The van der Waals surface area contributed by atoms with Crippen LogP contribution in [0.4, 0.5) is 0 Å². The molecule has 0 aliphatic heterocycles. The van der Waals surface area contributed by atoms with Crippen molar-refractivity contribution >= 4 is 15.9 Å². The molecule has 1 aromatic carbocycles. The normalized spacial score (nSPS) is 10.7. The minimum absolute atomic E-state index is 0.453. The summed E-state index contributed by atoms with van der Waals surface area (Å²) in [6, 6.07) is 7.93. The molecule has 0 atom stereocenters. The zero-order valence-corrected chi connectivity index (χ0v) is 12.8. The van der Waals surface area contributed by atoms with Crippen molar-refractivity contribution in [3.8, 4) is 5.75 Å². The summed E-state index contributed by atoms with van der Waals surface area (Å²) in [7, 11) is 0. The number of ether oxygens (including phenoxy) is 1. The molecule has 0 aliphatic carbocycles. The van der Waals surface area contributed by atoms with Crippen LogP contribution in [0.3, 0.4) is 0 Å².